The summed E-state index contributed by atoms with van der Waals surface area (Å²) in [7, 11) is 0. The van der Waals surface area contributed by atoms with E-state index in [1.807, 2.05) is 11.8 Å². The molecule has 1 fully saturated rings. The summed E-state index contributed by atoms with van der Waals surface area (Å²) in [5.41, 5.74) is 7.29. The third kappa shape index (κ3) is 4.65. The minimum Gasteiger partial charge on any atom is -0.508 e. The van der Waals surface area contributed by atoms with Crippen LogP contribution in [0.15, 0.2) is 28.9 Å². The van der Waals surface area contributed by atoms with Crippen molar-refractivity contribution < 1.29 is 19.1 Å². The Kier molecular flexibility index (Phi) is 6.24. The van der Waals surface area contributed by atoms with Gasteiger partial charge in [-0.3, -0.25) is 9.59 Å². The normalized spacial score (nSPS) is 19.0. The Bertz CT molecular complexity index is 845. The predicted molar refractivity (Wildman–Crippen MR) is 107 cm³/mol. The van der Waals surface area contributed by atoms with Crippen LogP contribution in [0, 0.1) is 5.92 Å². The van der Waals surface area contributed by atoms with Gasteiger partial charge < -0.3 is 25.5 Å². The van der Waals surface area contributed by atoms with Crippen LogP contribution in [0.5, 0.6) is 5.75 Å². The van der Waals surface area contributed by atoms with Gasteiger partial charge in [0.1, 0.15) is 11.3 Å². The number of furan rings is 1. The van der Waals surface area contributed by atoms with E-state index in [1.54, 1.807) is 31.4 Å². The van der Waals surface area contributed by atoms with E-state index < -0.39 is 6.04 Å². The molecule has 2 heterocycles. The molecule has 3 unspecified atom stereocenters. The molecular formula is C21H29N3O4. The Hall–Kier alpha value is -2.54. The number of aromatic hydroxyl groups is 1. The number of phenols is 1. The molecule has 1 aromatic heterocycles. The molecule has 0 bridgehead atoms. The lowest BCUT2D eigenvalue weighted by Crippen LogP contribution is -2.42. The maximum Gasteiger partial charge on any atom is 0.236 e. The zero-order valence-corrected chi connectivity index (χ0v) is 16.5. The molecule has 3 atom stereocenters. The first kappa shape index (κ1) is 20.2. The minimum absolute atomic E-state index is 0.0446. The number of benzene rings is 1. The summed E-state index contributed by atoms with van der Waals surface area (Å²) >= 11 is 0. The number of nitrogens with two attached hydrogens (primary N) is 1. The van der Waals surface area contributed by atoms with Crippen molar-refractivity contribution in [1.29, 1.82) is 0 Å². The van der Waals surface area contributed by atoms with Crippen molar-refractivity contribution in [2.75, 3.05) is 13.1 Å². The van der Waals surface area contributed by atoms with Crippen molar-refractivity contribution in [3.63, 3.8) is 0 Å². The molecule has 0 aliphatic carbocycles. The number of nitrogens with zero attached hydrogens (tertiary/aromatic N) is 1. The van der Waals surface area contributed by atoms with Crippen LogP contribution in [0.2, 0.25) is 0 Å². The summed E-state index contributed by atoms with van der Waals surface area (Å²) < 4.78 is 5.58. The zero-order valence-electron chi connectivity index (χ0n) is 16.5. The molecule has 7 heteroatoms. The predicted octanol–water partition coefficient (Wildman–Crippen LogP) is 2.16. The smallest absolute Gasteiger partial charge is 0.236 e. The van der Waals surface area contributed by atoms with E-state index in [2.05, 4.69) is 5.32 Å². The van der Waals surface area contributed by atoms with Crippen LogP contribution in [-0.2, 0) is 16.0 Å². The van der Waals surface area contributed by atoms with Gasteiger partial charge in [0.05, 0.1) is 12.3 Å². The number of carbonyl (C=O) groups excluding carboxylic acids is 2. The summed E-state index contributed by atoms with van der Waals surface area (Å²) in [5, 5.41) is 13.4. The minimum atomic E-state index is -0.546. The third-order valence-electron chi connectivity index (χ3n) is 5.35. The molecule has 0 radical (unpaired) electrons. The maximum atomic E-state index is 12.8. The highest BCUT2D eigenvalue weighted by molar-refractivity contribution is 5.83. The van der Waals surface area contributed by atoms with Crippen LogP contribution in [0.3, 0.4) is 0 Å². The lowest BCUT2D eigenvalue weighted by atomic mass is 10.0. The second kappa shape index (κ2) is 8.65. The summed E-state index contributed by atoms with van der Waals surface area (Å²) in [6, 6.07) is 4.64. The Balaban J connectivity index is 1.59. The largest absolute Gasteiger partial charge is 0.508 e. The molecule has 1 aliphatic heterocycles. The second-order valence-electron chi connectivity index (χ2n) is 7.87. The molecule has 0 saturated carbocycles. The van der Waals surface area contributed by atoms with Crippen LogP contribution in [0.1, 0.15) is 38.7 Å². The molecule has 7 nitrogen and oxygen atoms in total. The lowest BCUT2D eigenvalue weighted by molar-refractivity contribution is -0.133. The van der Waals surface area contributed by atoms with Gasteiger partial charge >= 0.3 is 0 Å². The molecule has 1 aliphatic rings. The van der Waals surface area contributed by atoms with Gasteiger partial charge in [-0.05, 0) is 50.3 Å². The number of hydrogen-bond donors (Lipinski definition) is 3. The molecule has 2 aromatic rings. The van der Waals surface area contributed by atoms with Crippen molar-refractivity contribution in [3.05, 3.63) is 30.0 Å². The first-order chi connectivity index (χ1) is 13.3. The van der Waals surface area contributed by atoms with Crippen molar-refractivity contribution in [3.8, 4) is 5.75 Å². The fourth-order valence-corrected chi connectivity index (χ4v) is 3.78. The maximum absolute atomic E-state index is 12.8. The highest BCUT2D eigenvalue weighted by atomic mass is 16.3. The quantitative estimate of drug-likeness (QED) is 0.675. The van der Waals surface area contributed by atoms with Crippen molar-refractivity contribution in [2.24, 2.45) is 11.7 Å². The number of fused-ring (bicyclic) bond motifs is 1. The lowest BCUT2D eigenvalue weighted by Gasteiger charge is -2.26. The fraction of sp³-hybridized carbons (Fsp3) is 0.524. The summed E-state index contributed by atoms with van der Waals surface area (Å²) in [6.45, 7) is 4.79. The van der Waals surface area contributed by atoms with Crippen molar-refractivity contribution >= 4 is 22.8 Å². The molecular weight excluding hydrogens is 358 g/mol. The number of carbonyl (C=O) groups is 2. The highest BCUT2D eigenvalue weighted by Crippen LogP contribution is 2.29. The van der Waals surface area contributed by atoms with E-state index in [9.17, 15) is 14.7 Å². The van der Waals surface area contributed by atoms with Gasteiger partial charge in [0.2, 0.25) is 11.8 Å². The molecule has 2 amide bonds. The molecule has 152 valence electrons. The number of rotatable bonds is 7. The van der Waals surface area contributed by atoms with Crippen molar-refractivity contribution in [1.82, 2.24) is 10.2 Å². The average Bonchev–Trinajstić information content (AvgIpc) is 3.27. The van der Waals surface area contributed by atoms with Gasteiger partial charge in [-0.15, -0.1) is 0 Å². The summed E-state index contributed by atoms with van der Waals surface area (Å²) in [4.78, 5) is 26.4. The van der Waals surface area contributed by atoms with Gasteiger partial charge in [-0.25, -0.2) is 0 Å². The number of hydrogen-bond acceptors (Lipinski definition) is 5. The molecule has 4 N–H and O–H groups in total. The number of nitrogens with one attached hydrogen (secondary N) is 1. The van der Waals surface area contributed by atoms with Gasteiger partial charge in [-0.2, -0.15) is 0 Å². The number of likely N-dealkylation sites (tertiary alicyclic amines) is 1. The van der Waals surface area contributed by atoms with E-state index in [0.717, 1.165) is 35.9 Å². The Morgan fingerprint density at radius 3 is 2.93 bits per heavy atom. The number of phenolic OH excluding ortho intramolecular Hbond substituents is 1. The Morgan fingerprint density at radius 2 is 2.18 bits per heavy atom. The summed E-state index contributed by atoms with van der Waals surface area (Å²) in [5.74, 6) is 0.162. The first-order valence-electron chi connectivity index (χ1n) is 9.87. The highest BCUT2D eigenvalue weighted by Gasteiger charge is 2.30. The SMILES string of the molecule is CC(CNC(=O)C(C)N)CC(=O)N1CCCC1Cc1coc2ccc(O)cc12. The molecule has 0 spiro atoms. The van der Waals surface area contributed by atoms with Gasteiger partial charge in [-0.1, -0.05) is 6.92 Å². The van der Waals surface area contributed by atoms with Gasteiger partial charge in [0.15, 0.2) is 0 Å². The van der Waals surface area contributed by atoms with E-state index in [1.165, 1.54) is 0 Å². The van der Waals surface area contributed by atoms with Gasteiger partial charge in [0.25, 0.3) is 0 Å². The van der Waals surface area contributed by atoms with E-state index in [-0.39, 0.29) is 29.5 Å². The number of amides is 2. The van der Waals surface area contributed by atoms with Crippen LogP contribution >= 0.6 is 0 Å². The Labute approximate surface area is 164 Å². The third-order valence-corrected chi connectivity index (χ3v) is 5.35. The first-order valence-corrected chi connectivity index (χ1v) is 9.87. The van der Waals surface area contributed by atoms with Crippen LogP contribution in [0.25, 0.3) is 11.0 Å². The van der Waals surface area contributed by atoms with E-state index in [4.69, 9.17) is 10.2 Å². The monoisotopic (exact) mass is 387 g/mol. The molecule has 1 saturated heterocycles. The average molecular weight is 387 g/mol. The van der Waals surface area contributed by atoms with Crippen molar-refractivity contribution in [2.45, 2.75) is 51.6 Å². The standard InChI is InChI=1S/C21H29N3O4/c1-13(11-23-21(27)14(2)22)8-20(26)24-7-3-4-16(24)9-15-12-28-19-6-5-17(25)10-18(15)19/h5-6,10,12-14,16,25H,3-4,7-9,11,22H2,1-2H3,(H,23,27). The topological polar surface area (TPSA) is 109 Å². The molecule has 3 rings (SSSR count). The fourth-order valence-electron chi connectivity index (χ4n) is 3.78. The summed E-state index contributed by atoms with van der Waals surface area (Å²) in [6.07, 6.45) is 4.75. The Morgan fingerprint density at radius 1 is 1.39 bits per heavy atom. The van der Waals surface area contributed by atoms with E-state index in [0.29, 0.717) is 19.4 Å². The van der Waals surface area contributed by atoms with Crippen LogP contribution in [0.4, 0.5) is 0 Å². The molecule has 1 aromatic carbocycles. The molecule has 28 heavy (non-hydrogen) atoms. The zero-order chi connectivity index (χ0) is 20.3. The van der Waals surface area contributed by atoms with Crippen LogP contribution < -0.4 is 11.1 Å². The van der Waals surface area contributed by atoms with Crippen LogP contribution in [-0.4, -0.2) is 47.0 Å². The second-order valence-corrected chi connectivity index (χ2v) is 7.87. The van der Waals surface area contributed by atoms with E-state index >= 15 is 0 Å². The van der Waals surface area contributed by atoms with Gasteiger partial charge in [0, 0.05) is 36.5 Å².